The van der Waals surface area contributed by atoms with E-state index in [1.54, 1.807) is 43.5 Å². The van der Waals surface area contributed by atoms with Gasteiger partial charge in [-0.15, -0.1) is 0 Å². The van der Waals surface area contributed by atoms with E-state index >= 15 is 0 Å². The molecule has 0 bridgehead atoms. The zero-order chi connectivity index (χ0) is 21.5. The van der Waals surface area contributed by atoms with Gasteiger partial charge in [0, 0.05) is 16.7 Å². The number of sulfonamides is 1. The average molecular weight is 426 g/mol. The first-order chi connectivity index (χ1) is 14.4. The largest absolute Gasteiger partial charge is 0.496 e. The molecule has 0 saturated carbocycles. The molecule has 156 valence electrons. The fourth-order valence-electron chi connectivity index (χ4n) is 4.50. The molecule has 3 aromatic rings. The number of anilines is 1. The minimum absolute atomic E-state index is 0.120. The number of ether oxygens (including phenoxy) is 1. The highest BCUT2D eigenvalue weighted by Crippen LogP contribution is 2.47. The number of carboxylic acid groups (broad SMARTS) is 1. The van der Waals surface area contributed by atoms with E-state index in [4.69, 9.17) is 4.74 Å². The van der Waals surface area contributed by atoms with Crippen LogP contribution in [0.4, 0.5) is 5.69 Å². The van der Waals surface area contributed by atoms with E-state index in [9.17, 15) is 18.3 Å². The first-order valence-corrected chi connectivity index (χ1v) is 11.2. The molecular weight excluding hydrogens is 402 g/mol. The molecule has 7 heteroatoms. The lowest BCUT2D eigenvalue weighted by Gasteiger charge is -2.29. The van der Waals surface area contributed by atoms with E-state index in [2.05, 4.69) is 0 Å². The second-order valence-corrected chi connectivity index (χ2v) is 9.13. The van der Waals surface area contributed by atoms with Gasteiger partial charge in [0.15, 0.2) is 0 Å². The number of fused-ring (bicyclic) bond motifs is 2. The monoisotopic (exact) mass is 425 g/mol. The Morgan fingerprint density at radius 1 is 1.03 bits per heavy atom. The Hall–Kier alpha value is -3.06. The van der Waals surface area contributed by atoms with Crippen molar-refractivity contribution in [2.45, 2.75) is 36.6 Å². The molecule has 1 heterocycles. The number of para-hydroxylation sites is 1. The summed E-state index contributed by atoms with van der Waals surface area (Å²) in [6.45, 7) is 1.89. The van der Waals surface area contributed by atoms with E-state index in [0.29, 0.717) is 28.6 Å². The van der Waals surface area contributed by atoms with Crippen molar-refractivity contribution < 1.29 is 23.1 Å². The third-order valence-corrected chi connectivity index (χ3v) is 7.65. The van der Waals surface area contributed by atoms with Crippen LogP contribution in [0.15, 0.2) is 65.6 Å². The highest BCUT2D eigenvalue weighted by atomic mass is 32.2. The summed E-state index contributed by atoms with van der Waals surface area (Å²) >= 11 is 0. The quantitative estimate of drug-likeness (QED) is 0.633. The molecule has 0 spiro atoms. The Balaban J connectivity index is 1.93. The Morgan fingerprint density at radius 3 is 2.37 bits per heavy atom. The van der Waals surface area contributed by atoms with E-state index in [-0.39, 0.29) is 11.3 Å². The summed E-state index contributed by atoms with van der Waals surface area (Å²) in [5, 5.41) is 10.7. The Labute approximate surface area is 175 Å². The summed E-state index contributed by atoms with van der Waals surface area (Å²) in [6, 6.07) is 17.2. The number of aliphatic carboxylic acids is 1. The van der Waals surface area contributed by atoms with Crippen molar-refractivity contribution in [3.8, 4) is 5.75 Å². The van der Waals surface area contributed by atoms with E-state index in [1.807, 2.05) is 31.2 Å². The van der Waals surface area contributed by atoms with Crippen molar-refractivity contribution in [2.24, 2.45) is 0 Å². The maximum Gasteiger partial charge on any atom is 0.304 e. The fraction of sp³-hybridized carbons (Fsp3) is 0.261. The van der Waals surface area contributed by atoms with Crippen molar-refractivity contribution in [3.63, 3.8) is 0 Å². The SMILES string of the molecule is CCC1C(CC(=O)O)c2ccccc2N1S(=O)(=O)c1ccc(OC)c2ccccc12. The Bertz CT molecular complexity index is 1220. The average Bonchev–Trinajstić information content (AvgIpc) is 3.06. The molecule has 1 aliphatic rings. The predicted octanol–water partition coefficient (Wildman–Crippen LogP) is 4.39. The van der Waals surface area contributed by atoms with Crippen molar-refractivity contribution in [1.82, 2.24) is 0 Å². The van der Waals surface area contributed by atoms with E-state index < -0.39 is 28.0 Å². The summed E-state index contributed by atoms with van der Waals surface area (Å²) in [5.74, 6) is -0.743. The molecule has 4 rings (SSSR count). The lowest BCUT2D eigenvalue weighted by molar-refractivity contribution is -0.137. The van der Waals surface area contributed by atoms with Crippen LogP contribution in [-0.4, -0.2) is 32.6 Å². The topological polar surface area (TPSA) is 83.9 Å². The van der Waals surface area contributed by atoms with Crippen LogP contribution in [0.25, 0.3) is 10.8 Å². The lowest BCUT2D eigenvalue weighted by atomic mass is 9.91. The molecule has 0 radical (unpaired) electrons. The third-order valence-electron chi connectivity index (χ3n) is 5.75. The second kappa shape index (κ2) is 7.65. The number of hydrogen-bond donors (Lipinski definition) is 1. The molecule has 0 aliphatic carbocycles. The van der Waals surface area contributed by atoms with Gasteiger partial charge in [-0.1, -0.05) is 49.4 Å². The number of rotatable bonds is 6. The van der Waals surface area contributed by atoms with E-state index in [0.717, 1.165) is 5.56 Å². The van der Waals surface area contributed by atoms with Crippen LogP contribution >= 0.6 is 0 Å². The maximum atomic E-state index is 13.9. The molecule has 30 heavy (non-hydrogen) atoms. The van der Waals surface area contributed by atoms with E-state index in [1.165, 1.54) is 4.31 Å². The zero-order valence-corrected chi connectivity index (χ0v) is 17.6. The molecule has 1 aliphatic heterocycles. The first-order valence-electron chi connectivity index (χ1n) is 9.81. The number of carboxylic acids is 1. The summed E-state index contributed by atoms with van der Waals surface area (Å²) in [5.41, 5.74) is 1.31. The van der Waals surface area contributed by atoms with Crippen LogP contribution in [0.3, 0.4) is 0 Å². The smallest absolute Gasteiger partial charge is 0.304 e. The number of nitrogens with zero attached hydrogens (tertiary/aromatic N) is 1. The minimum Gasteiger partial charge on any atom is -0.496 e. The van der Waals surface area contributed by atoms with Gasteiger partial charge in [0.1, 0.15) is 5.75 Å². The highest BCUT2D eigenvalue weighted by Gasteiger charge is 2.44. The highest BCUT2D eigenvalue weighted by molar-refractivity contribution is 7.93. The Morgan fingerprint density at radius 2 is 1.70 bits per heavy atom. The van der Waals surface area contributed by atoms with Crippen molar-refractivity contribution >= 4 is 32.5 Å². The summed E-state index contributed by atoms with van der Waals surface area (Å²) in [4.78, 5) is 11.7. The van der Waals surface area contributed by atoms with Crippen molar-refractivity contribution in [3.05, 3.63) is 66.2 Å². The number of carbonyl (C=O) groups is 1. The fourth-order valence-corrected chi connectivity index (χ4v) is 6.48. The molecule has 0 fully saturated rings. The van der Waals surface area contributed by atoms with Crippen LogP contribution < -0.4 is 9.04 Å². The van der Waals surface area contributed by atoms with Gasteiger partial charge < -0.3 is 9.84 Å². The number of benzene rings is 3. The van der Waals surface area contributed by atoms with Crippen LogP contribution in [0, 0.1) is 0 Å². The van der Waals surface area contributed by atoms with Gasteiger partial charge in [0.05, 0.1) is 30.2 Å². The van der Waals surface area contributed by atoms with Crippen molar-refractivity contribution in [1.29, 1.82) is 0 Å². The summed E-state index contributed by atoms with van der Waals surface area (Å²) in [6.07, 6.45) is 0.380. The molecule has 0 amide bonds. The molecule has 6 nitrogen and oxygen atoms in total. The summed E-state index contributed by atoms with van der Waals surface area (Å²) < 4.78 is 34.7. The molecule has 3 aromatic carbocycles. The van der Waals surface area contributed by atoms with Gasteiger partial charge in [0.25, 0.3) is 10.0 Å². The zero-order valence-electron chi connectivity index (χ0n) is 16.8. The summed E-state index contributed by atoms with van der Waals surface area (Å²) in [7, 11) is -2.40. The van der Waals surface area contributed by atoms with Gasteiger partial charge in [-0.05, 0) is 30.2 Å². The lowest BCUT2D eigenvalue weighted by Crippen LogP contribution is -2.39. The first kappa shape index (κ1) is 20.2. The molecule has 0 saturated heterocycles. The van der Waals surface area contributed by atoms with Gasteiger partial charge in [0.2, 0.25) is 0 Å². The molecule has 0 aromatic heterocycles. The molecule has 1 N–H and O–H groups in total. The molecule has 2 unspecified atom stereocenters. The van der Waals surface area contributed by atoms with Crippen LogP contribution in [-0.2, 0) is 14.8 Å². The van der Waals surface area contributed by atoms with Gasteiger partial charge in [-0.25, -0.2) is 8.42 Å². The van der Waals surface area contributed by atoms with Crippen LogP contribution in [0.1, 0.15) is 31.2 Å². The van der Waals surface area contributed by atoms with Gasteiger partial charge >= 0.3 is 5.97 Å². The van der Waals surface area contributed by atoms with Gasteiger partial charge in [-0.3, -0.25) is 9.10 Å². The normalized spacial score (nSPS) is 18.4. The number of methoxy groups -OCH3 is 1. The Kier molecular flexibility index (Phi) is 5.15. The van der Waals surface area contributed by atoms with Crippen LogP contribution in [0.5, 0.6) is 5.75 Å². The standard InChI is InChI=1S/C23H23NO5S/c1-3-19-18(14-23(25)26)15-8-6-7-11-20(15)24(19)30(27,28)22-13-12-21(29-2)16-9-4-5-10-17(16)22/h4-13,18-19H,3,14H2,1-2H3,(H,25,26). The third kappa shape index (κ3) is 3.10. The molecule has 2 atom stereocenters. The molecular formula is C23H23NO5S. The number of hydrogen-bond acceptors (Lipinski definition) is 4. The van der Waals surface area contributed by atoms with Crippen LogP contribution in [0.2, 0.25) is 0 Å². The minimum atomic E-state index is -3.95. The second-order valence-electron chi connectivity index (χ2n) is 7.35. The predicted molar refractivity (Wildman–Crippen MR) is 116 cm³/mol. The van der Waals surface area contributed by atoms with Gasteiger partial charge in [-0.2, -0.15) is 0 Å². The van der Waals surface area contributed by atoms with Crippen molar-refractivity contribution in [2.75, 3.05) is 11.4 Å². The maximum absolute atomic E-state index is 13.9.